The van der Waals surface area contributed by atoms with E-state index in [4.69, 9.17) is 18.6 Å². The predicted octanol–water partition coefficient (Wildman–Crippen LogP) is 6.31. The number of hydrogen-bond acceptors (Lipinski definition) is 5. The Bertz CT molecular complexity index is 1370. The lowest BCUT2D eigenvalue weighted by molar-refractivity contribution is -0.111. The number of fused-ring (bicyclic) bond motifs is 1. The van der Waals surface area contributed by atoms with E-state index in [1.807, 2.05) is 13.0 Å². The summed E-state index contributed by atoms with van der Waals surface area (Å²) in [5.74, 6) is 1.04. The molecular weight excluding hydrogens is 437 g/mol. The Hall–Kier alpha value is -4.26. The van der Waals surface area contributed by atoms with Crippen molar-refractivity contribution in [1.82, 2.24) is 0 Å². The molecule has 6 nitrogen and oxygen atoms in total. The fourth-order valence-electron chi connectivity index (χ4n) is 3.73. The molecule has 174 valence electrons. The van der Waals surface area contributed by atoms with Gasteiger partial charge < -0.3 is 23.9 Å². The van der Waals surface area contributed by atoms with E-state index in [-0.39, 0.29) is 11.7 Å². The van der Waals surface area contributed by atoms with Gasteiger partial charge in [-0.2, -0.15) is 0 Å². The molecule has 0 aliphatic heterocycles. The molecule has 3 aromatic carbocycles. The highest BCUT2D eigenvalue weighted by atomic mass is 19.1. The van der Waals surface area contributed by atoms with Gasteiger partial charge >= 0.3 is 0 Å². The molecule has 1 amide bonds. The van der Waals surface area contributed by atoms with Crippen molar-refractivity contribution in [1.29, 1.82) is 0 Å². The Balaban J connectivity index is 1.68. The van der Waals surface area contributed by atoms with E-state index in [1.165, 1.54) is 25.3 Å². The number of furan rings is 1. The molecule has 0 saturated heterocycles. The van der Waals surface area contributed by atoms with Crippen molar-refractivity contribution in [3.63, 3.8) is 0 Å². The number of halogens is 1. The summed E-state index contributed by atoms with van der Waals surface area (Å²) in [5.41, 5.74) is 4.21. The first-order chi connectivity index (χ1) is 16.4. The van der Waals surface area contributed by atoms with Crippen LogP contribution in [0.5, 0.6) is 17.2 Å². The maximum absolute atomic E-state index is 13.4. The van der Waals surface area contributed by atoms with Crippen LogP contribution in [-0.4, -0.2) is 27.2 Å². The highest BCUT2D eigenvalue weighted by Crippen LogP contribution is 2.37. The molecule has 1 aromatic heterocycles. The van der Waals surface area contributed by atoms with Gasteiger partial charge in [0.25, 0.3) is 0 Å². The molecule has 0 unspecified atom stereocenters. The van der Waals surface area contributed by atoms with Gasteiger partial charge in [-0.1, -0.05) is 12.1 Å². The van der Waals surface area contributed by atoms with Crippen LogP contribution in [0.3, 0.4) is 0 Å². The summed E-state index contributed by atoms with van der Waals surface area (Å²) >= 11 is 0. The van der Waals surface area contributed by atoms with Gasteiger partial charge in [-0.15, -0.1) is 0 Å². The minimum Gasteiger partial charge on any atom is -0.497 e. The third kappa shape index (κ3) is 4.59. The van der Waals surface area contributed by atoms with Crippen LogP contribution in [0.15, 0.2) is 71.4 Å². The molecule has 7 heteroatoms. The predicted molar refractivity (Wildman–Crippen MR) is 130 cm³/mol. The van der Waals surface area contributed by atoms with Crippen molar-refractivity contribution in [3.8, 4) is 28.4 Å². The topological polar surface area (TPSA) is 69.9 Å². The normalized spacial score (nSPS) is 11.4. The largest absolute Gasteiger partial charge is 0.497 e. The molecule has 0 aliphatic carbocycles. The first kappa shape index (κ1) is 22.9. The molecule has 0 saturated carbocycles. The molecular formula is C27H24FNO5. The number of carbonyl (C=O) groups is 1. The maximum Gasteiger partial charge on any atom is 0.248 e. The van der Waals surface area contributed by atoms with Crippen LogP contribution >= 0.6 is 0 Å². The van der Waals surface area contributed by atoms with Gasteiger partial charge in [0.1, 0.15) is 28.6 Å². The molecule has 4 rings (SSSR count). The minimum absolute atomic E-state index is 0.308. The second-order valence-corrected chi connectivity index (χ2v) is 7.59. The highest BCUT2D eigenvalue weighted by molar-refractivity contribution is 6.06. The monoisotopic (exact) mass is 461 g/mol. The zero-order valence-corrected chi connectivity index (χ0v) is 19.3. The van der Waals surface area contributed by atoms with Crippen LogP contribution in [0, 0.1) is 5.82 Å². The Morgan fingerprint density at radius 2 is 1.68 bits per heavy atom. The fraction of sp³-hybridized carbons (Fsp3) is 0.148. The molecule has 1 heterocycles. The molecule has 0 atom stereocenters. The summed E-state index contributed by atoms with van der Waals surface area (Å²) in [6, 6.07) is 15.0. The number of hydrogen-bond donors (Lipinski definition) is 1. The zero-order valence-electron chi connectivity index (χ0n) is 19.3. The number of rotatable bonds is 7. The van der Waals surface area contributed by atoms with Crippen molar-refractivity contribution in [3.05, 3.63) is 78.3 Å². The number of benzene rings is 3. The molecule has 1 N–H and O–H groups in total. The number of methoxy groups -OCH3 is 3. The quantitative estimate of drug-likeness (QED) is 0.327. The van der Waals surface area contributed by atoms with Crippen LogP contribution in [0.2, 0.25) is 0 Å². The molecule has 34 heavy (non-hydrogen) atoms. The van der Waals surface area contributed by atoms with Gasteiger partial charge in [-0.05, 0) is 48.4 Å². The Morgan fingerprint density at radius 1 is 0.941 bits per heavy atom. The Labute approximate surface area is 196 Å². The van der Waals surface area contributed by atoms with Crippen LogP contribution in [-0.2, 0) is 4.79 Å². The lowest BCUT2D eigenvalue weighted by atomic mass is 9.99. The van der Waals surface area contributed by atoms with Gasteiger partial charge in [0.15, 0.2) is 0 Å². The van der Waals surface area contributed by atoms with Crippen LogP contribution in [0.1, 0.15) is 12.5 Å². The zero-order chi connectivity index (χ0) is 24.2. The number of anilines is 1. The molecule has 4 aromatic rings. The summed E-state index contributed by atoms with van der Waals surface area (Å²) < 4.78 is 35.2. The van der Waals surface area contributed by atoms with Gasteiger partial charge in [0.2, 0.25) is 5.91 Å². The van der Waals surface area contributed by atoms with Crippen molar-refractivity contribution in [2.45, 2.75) is 6.92 Å². The van der Waals surface area contributed by atoms with Crippen molar-refractivity contribution < 1.29 is 27.8 Å². The smallest absolute Gasteiger partial charge is 0.248 e. The minimum atomic E-state index is -0.325. The lowest BCUT2D eigenvalue weighted by Gasteiger charge is -2.12. The van der Waals surface area contributed by atoms with E-state index in [2.05, 4.69) is 5.32 Å². The van der Waals surface area contributed by atoms with Gasteiger partial charge in [0, 0.05) is 34.7 Å². The maximum atomic E-state index is 13.4. The number of nitrogens with one attached hydrogen (secondary N) is 1. The van der Waals surface area contributed by atoms with E-state index >= 15 is 0 Å². The Kier molecular flexibility index (Phi) is 6.54. The molecule has 0 fully saturated rings. The third-order valence-electron chi connectivity index (χ3n) is 5.49. The fourth-order valence-corrected chi connectivity index (χ4v) is 3.73. The van der Waals surface area contributed by atoms with Crippen LogP contribution in [0.4, 0.5) is 10.1 Å². The Morgan fingerprint density at radius 3 is 2.35 bits per heavy atom. The van der Waals surface area contributed by atoms with E-state index in [9.17, 15) is 9.18 Å². The first-order valence-corrected chi connectivity index (χ1v) is 10.5. The van der Waals surface area contributed by atoms with Gasteiger partial charge in [0.05, 0.1) is 33.3 Å². The average Bonchev–Trinajstić information content (AvgIpc) is 3.26. The van der Waals surface area contributed by atoms with Gasteiger partial charge in [-0.25, -0.2) is 4.39 Å². The van der Waals surface area contributed by atoms with Crippen molar-refractivity contribution in [2.75, 3.05) is 26.6 Å². The summed E-state index contributed by atoms with van der Waals surface area (Å²) in [5, 5.41) is 3.66. The van der Waals surface area contributed by atoms with E-state index in [0.29, 0.717) is 34.1 Å². The summed E-state index contributed by atoms with van der Waals surface area (Å²) in [4.78, 5) is 12.8. The first-order valence-electron chi connectivity index (χ1n) is 10.5. The molecule has 0 radical (unpaired) electrons. The molecule has 0 spiro atoms. The summed E-state index contributed by atoms with van der Waals surface area (Å²) in [6.45, 7) is 1.83. The van der Waals surface area contributed by atoms with E-state index in [0.717, 1.165) is 22.1 Å². The summed E-state index contributed by atoms with van der Waals surface area (Å²) in [6.07, 6.45) is 3.12. The second-order valence-electron chi connectivity index (χ2n) is 7.59. The standard InChI is InChI=1S/C27H24FNO5/c1-16(11-27(30)29-23-10-9-19(31-2)12-26(23)33-4)20-13-21-22(17-5-7-18(28)8-6-17)15-34-25(21)14-24(20)32-3/h5-15H,1-4H3,(H,29,30)/b16-11+. The SMILES string of the molecule is COc1ccc(NC(=O)/C=C(\C)c2cc3c(-c4ccc(F)cc4)coc3cc2OC)c(OC)c1. The van der Waals surface area contributed by atoms with Crippen molar-refractivity contribution in [2.24, 2.45) is 0 Å². The number of amides is 1. The van der Waals surface area contributed by atoms with Gasteiger partial charge in [-0.3, -0.25) is 4.79 Å². The highest BCUT2D eigenvalue weighted by Gasteiger charge is 2.15. The van der Waals surface area contributed by atoms with Crippen LogP contribution < -0.4 is 19.5 Å². The molecule has 0 bridgehead atoms. The summed E-state index contributed by atoms with van der Waals surface area (Å²) in [7, 11) is 4.64. The number of ether oxygens (including phenoxy) is 3. The second kappa shape index (κ2) is 9.70. The van der Waals surface area contributed by atoms with E-state index < -0.39 is 0 Å². The van der Waals surface area contributed by atoms with E-state index in [1.54, 1.807) is 56.9 Å². The van der Waals surface area contributed by atoms with Crippen molar-refractivity contribution >= 4 is 28.1 Å². The molecule has 0 aliphatic rings. The third-order valence-corrected chi connectivity index (χ3v) is 5.49. The van der Waals surface area contributed by atoms with Crippen LogP contribution in [0.25, 0.3) is 27.7 Å². The average molecular weight is 461 g/mol. The number of carbonyl (C=O) groups excluding carboxylic acids is 1. The number of allylic oxidation sites excluding steroid dienone is 1. The lowest BCUT2D eigenvalue weighted by Crippen LogP contribution is -2.10.